The van der Waals surface area contributed by atoms with Crippen LogP contribution in [0.5, 0.6) is 0 Å². The van der Waals surface area contributed by atoms with E-state index >= 15 is 0 Å². The van der Waals surface area contributed by atoms with Gasteiger partial charge in [-0.1, -0.05) is 18.1 Å². The van der Waals surface area contributed by atoms with Crippen molar-refractivity contribution in [3.05, 3.63) is 11.6 Å². The molecule has 5 aliphatic rings. The molecule has 5 rings (SSSR count). The molecule has 25 heavy (non-hydrogen) atoms. The highest BCUT2D eigenvalue weighted by molar-refractivity contribution is 5.66. The third-order valence-electron chi connectivity index (χ3n) is 8.64. The molecule has 2 bridgehead atoms. The van der Waals surface area contributed by atoms with Crippen molar-refractivity contribution in [1.82, 2.24) is 0 Å². The van der Waals surface area contributed by atoms with Gasteiger partial charge >= 0.3 is 5.97 Å². The van der Waals surface area contributed by atoms with Crippen molar-refractivity contribution in [3.63, 3.8) is 0 Å². The lowest BCUT2D eigenvalue weighted by atomic mass is 9.60. The van der Waals surface area contributed by atoms with Crippen molar-refractivity contribution in [1.29, 1.82) is 0 Å². The number of allylic oxidation sites excluding steroid dienone is 1. The quantitative estimate of drug-likeness (QED) is 0.616. The number of aliphatic hydroxyl groups excluding tert-OH is 1. The molecule has 0 saturated heterocycles. The van der Waals surface area contributed by atoms with E-state index in [1.807, 2.05) is 0 Å². The summed E-state index contributed by atoms with van der Waals surface area (Å²) in [6, 6.07) is 0. The number of methoxy groups -OCH3 is 1. The summed E-state index contributed by atoms with van der Waals surface area (Å²) in [5, 5.41) is 11.5. The van der Waals surface area contributed by atoms with Gasteiger partial charge in [-0.3, -0.25) is 4.79 Å². The molecule has 0 unspecified atom stereocenters. The predicted molar refractivity (Wildman–Crippen MR) is 92.7 cm³/mol. The molecule has 0 aromatic rings. The molecule has 138 valence electrons. The molecule has 4 fully saturated rings. The molecule has 4 nitrogen and oxygen atoms in total. The molecule has 0 radical (unpaired) electrons. The van der Waals surface area contributed by atoms with E-state index < -0.39 is 0 Å². The Balaban J connectivity index is 1.67. The van der Waals surface area contributed by atoms with Crippen LogP contribution in [0.25, 0.3) is 0 Å². The van der Waals surface area contributed by atoms with Crippen molar-refractivity contribution in [2.75, 3.05) is 7.11 Å². The molecule has 0 aromatic heterocycles. The van der Waals surface area contributed by atoms with Crippen molar-refractivity contribution >= 4 is 5.97 Å². The molecule has 4 saturated carbocycles. The van der Waals surface area contributed by atoms with Crippen LogP contribution in [0.1, 0.15) is 58.3 Å². The zero-order valence-electron chi connectivity index (χ0n) is 15.4. The Bertz CT molecular complexity index is 627. The second-order valence-corrected chi connectivity index (χ2v) is 9.19. The van der Waals surface area contributed by atoms with Gasteiger partial charge in [-0.15, -0.1) is 0 Å². The minimum Gasteiger partial charge on any atom is -0.461 e. The summed E-state index contributed by atoms with van der Waals surface area (Å²) in [7, 11) is 1.81. The Morgan fingerprint density at radius 1 is 1.20 bits per heavy atom. The number of rotatable bonds is 2. The van der Waals surface area contributed by atoms with Crippen molar-refractivity contribution in [2.45, 2.75) is 76.6 Å². The third-order valence-corrected chi connectivity index (χ3v) is 8.64. The van der Waals surface area contributed by atoms with E-state index in [1.165, 1.54) is 18.9 Å². The van der Waals surface area contributed by atoms with E-state index in [0.29, 0.717) is 11.8 Å². The summed E-state index contributed by atoms with van der Waals surface area (Å²) < 4.78 is 12.0. The van der Waals surface area contributed by atoms with Crippen LogP contribution in [0.15, 0.2) is 11.6 Å². The number of hydrogen-bond acceptors (Lipinski definition) is 4. The number of carbonyl (C=O) groups excluding carboxylic acids is 1. The Morgan fingerprint density at radius 3 is 2.80 bits per heavy atom. The van der Waals surface area contributed by atoms with Crippen LogP contribution in [0.4, 0.5) is 0 Å². The van der Waals surface area contributed by atoms with Crippen molar-refractivity contribution in [2.24, 2.45) is 28.6 Å². The maximum atomic E-state index is 12.1. The Hall–Kier alpha value is -0.870. The number of hydrogen-bond donors (Lipinski definition) is 1. The molecule has 1 spiro atoms. The van der Waals surface area contributed by atoms with E-state index in [2.05, 4.69) is 6.08 Å². The lowest BCUT2D eigenvalue weighted by Gasteiger charge is -2.51. The van der Waals surface area contributed by atoms with Crippen LogP contribution in [0, 0.1) is 28.6 Å². The van der Waals surface area contributed by atoms with Gasteiger partial charge in [-0.05, 0) is 56.8 Å². The van der Waals surface area contributed by atoms with Gasteiger partial charge in [0.05, 0.1) is 12.2 Å². The summed E-state index contributed by atoms with van der Waals surface area (Å²) >= 11 is 0. The highest BCUT2D eigenvalue weighted by Crippen LogP contribution is 2.75. The number of carbonyl (C=O) groups is 1. The maximum absolute atomic E-state index is 12.1. The van der Waals surface area contributed by atoms with E-state index in [0.717, 1.165) is 44.9 Å². The average molecular weight is 346 g/mol. The van der Waals surface area contributed by atoms with E-state index in [-0.39, 0.29) is 41.0 Å². The van der Waals surface area contributed by atoms with Crippen LogP contribution in [-0.4, -0.2) is 36.5 Å². The minimum atomic E-state index is -0.369. The lowest BCUT2D eigenvalue weighted by Crippen LogP contribution is -2.57. The number of fused-ring (bicyclic) bond motifs is 2. The first kappa shape index (κ1) is 16.3. The Labute approximate surface area is 150 Å². The number of esters is 1. The smallest absolute Gasteiger partial charge is 0.302 e. The van der Waals surface area contributed by atoms with Gasteiger partial charge in [0.15, 0.2) is 0 Å². The number of ether oxygens (including phenoxy) is 2. The average Bonchev–Trinajstić information content (AvgIpc) is 3.32. The monoisotopic (exact) mass is 346 g/mol. The molecular weight excluding hydrogens is 316 g/mol. The second-order valence-electron chi connectivity index (χ2n) is 9.19. The fourth-order valence-corrected chi connectivity index (χ4v) is 8.04. The van der Waals surface area contributed by atoms with Gasteiger partial charge in [0, 0.05) is 30.8 Å². The van der Waals surface area contributed by atoms with Gasteiger partial charge < -0.3 is 14.6 Å². The minimum absolute atomic E-state index is 0.0972. The molecule has 5 aliphatic carbocycles. The largest absolute Gasteiger partial charge is 0.461 e. The molecule has 1 N–H and O–H groups in total. The summed E-state index contributed by atoms with van der Waals surface area (Å²) in [6.45, 7) is 1.52. The van der Waals surface area contributed by atoms with Crippen LogP contribution in [0.2, 0.25) is 0 Å². The highest BCUT2D eigenvalue weighted by atomic mass is 16.5. The molecule has 0 heterocycles. The van der Waals surface area contributed by atoms with Crippen molar-refractivity contribution in [3.8, 4) is 0 Å². The summed E-state index contributed by atoms with van der Waals surface area (Å²) in [5.41, 5.74) is 1.10. The molecule has 0 amide bonds. The summed E-state index contributed by atoms with van der Waals surface area (Å²) in [4.78, 5) is 12.1. The van der Waals surface area contributed by atoms with E-state index in [4.69, 9.17) is 9.47 Å². The molecule has 8 atom stereocenters. The topological polar surface area (TPSA) is 55.8 Å². The zero-order chi connectivity index (χ0) is 17.4. The summed E-state index contributed by atoms with van der Waals surface area (Å²) in [5.74, 6) is 0.908. The highest BCUT2D eigenvalue weighted by Gasteiger charge is 2.78. The fraction of sp³-hybridized carbons (Fsp3) is 0.857. The fourth-order valence-electron chi connectivity index (χ4n) is 8.04. The standard InChI is InChI=1S/C21H30O4/c1-12(22)25-19-20(9-4-7-17(20)24-2)15-8-10-21(19)16(15)11-13-5-3-6-14(13)18(21)23/h11,14-19,23H,3-10H2,1-2H3/t14-,15+,16-,17-,18-,19+,20-,21-/m0/s1. The summed E-state index contributed by atoms with van der Waals surface area (Å²) in [6.07, 6.45) is 10.9. The molecule has 0 aromatic carbocycles. The Kier molecular flexibility index (Phi) is 3.47. The first-order valence-corrected chi connectivity index (χ1v) is 10.1. The number of aliphatic hydroxyl groups is 1. The van der Waals surface area contributed by atoms with Gasteiger partial charge in [0.25, 0.3) is 0 Å². The SMILES string of the molecule is CO[C@H]1CCC[C@@]12[C@@H](OC(C)=O)[C@@]13CC[C@@H]2[C@@H]1C=C1CCC[C@@H]1[C@@H]3O. The maximum Gasteiger partial charge on any atom is 0.302 e. The van der Waals surface area contributed by atoms with Crippen LogP contribution >= 0.6 is 0 Å². The van der Waals surface area contributed by atoms with Crippen LogP contribution < -0.4 is 0 Å². The van der Waals surface area contributed by atoms with Gasteiger partial charge in [-0.25, -0.2) is 0 Å². The Morgan fingerprint density at radius 2 is 2.04 bits per heavy atom. The van der Waals surface area contributed by atoms with E-state index in [9.17, 15) is 9.90 Å². The lowest BCUT2D eigenvalue weighted by molar-refractivity contribution is -0.192. The first-order valence-electron chi connectivity index (χ1n) is 10.1. The molecular formula is C21H30O4. The van der Waals surface area contributed by atoms with Crippen LogP contribution in [-0.2, 0) is 14.3 Å². The normalized spacial score (nSPS) is 53.0. The second kappa shape index (κ2) is 5.32. The first-order chi connectivity index (χ1) is 12.1. The molecule has 0 aliphatic heterocycles. The molecule has 4 heteroatoms. The zero-order valence-corrected chi connectivity index (χ0v) is 15.4. The predicted octanol–water partition coefficient (Wildman–Crippen LogP) is 3.23. The van der Waals surface area contributed by atoms with Crippen LogP contribution in [0.3, 0.4) is 0 Å². The van der Waals surface area contributed by atoms with Gasteiger partial charge in [-0.2, -0.15) is 0 Å². The van der Waals surface area contributed by atoms with Gasteiger partial charge in [0.1, 0.15) is 6.10 Å². The van der Waals surface area contributed by atoms with Crippen molar-refractivity contribution < 1.29 is 19.4 Å². The van der Waals surface area contributed by atoms with Gasteiger partial charge in [0.2, 0.25) is 0 Å². The van der Waals surface area contributed by atoms with E-state index in [1.54, 1.807) is 7.11 Å². The third kappa shape index (κ3) is 1.78.